The summed E-state index contributed by atoms with van der Waals surface area (Å²) in [5, 5.41) is 3.24. The minimum atomic E-state index is 0.0999. The van der Waals surface area contributed by atoms with Crippen molar-refractivity contribution in [1.82, 2.24) is 10.2 Å². The Bertz CT molecular complexity index is 569. The summed E-state index contributed by atoms with van der Waals surface area (Å²) in [4.78, 5) is 14.6. The van der Waals surface area contributed by atoms with Crippen LogP contribution < -0.4 is 14.8 Å². The van der Waals surface area contributed by atoms with Crippen molar-refractivity contribution >= 4 is 5.91 Å². The molecule has 22 heavy (non-hydrogen) atoms. The third-order valence-corrected chi connectivity index (χ3v) is 4.94. The molecule has 5 heteroatoms. The fourth-order valence-corrected chi connectivity index (χ4v) is 3.23. The molecule has 5 nitrogen and oxygen atoms in total. The summed E-state index contributed by atoms with van der Waals surface area (Å²) in [5.41, 5.74) is 2.41. The Morgan fingerprint density at radius 2 is 1.86 bits per heavy atom. The van der Waals surface area contributed by atoms with Crippen molar-refractivity contribution in [3.8, 4) is 11.5 Å². The number of hydrogen-bond acceptors (Lipinski definition) is 4. The van der Waals surface area contributed by atoms with E-state index in [0.717, 1.165) is 43.1 Å². The Morgan fingerprint density at radius 3 is 2.41 bits per heavy atom. The van der Waals surface area contributed by atoms with Crippen molar-refractivity contribution in [2.45, 2.75) is 19.9 Å². The van der Waals surface area contributed by atoms with Crippen molar-refractivity contribution in [3.63, 3.8) is 0 Å². The monoisotopic (exact) mass is 304 g/mol. The maximum absolute atomic E-state index is 12.7. The number of ether oxygens (including phenoxy) is 2. The molecule has 2 aliphatic heterocycles. The normalized spacial score (nSPS) is 19.1. The lowest BCUT2D eigenvalue weighted by atomic mass is 9.87. The van der Waals surface area contributed by atoms with Crippen LogP contribution in [0.25, 0.3) is 0 Å². The predicted octanol–water partition coefficient (Wildman–Crippen LogP) is 1.44. The van der Waals surface area contributed by atoms with Crippen LogP contribution in [0.3, 0.4) is 0 Å². The summed E-state index contributed by atoms with van der Waals surface area (Å²) in [6, 6.07) is 4.04. The zero-order chi connectivity index (χ0) is 15.7. The van der Waals surface area contributed by atoms with Crippen LogP contribution in [0.5, 0.6) is 11.5 Å². The third kappa shape index (κ3) is 2.65. The quantitative estimate of drug-likeness (QED) is 0.914. The molecule has 0 bridgehead atoms. The maximum Gasteiger partial charge on any atom is 0.226 e. The Hall–Kier alpha value is -1.75. The first kappa shape index (κ1) is 15.2. The van der Waals surface area contributed by atoms with Crippen LogP contribution >= 0.6 is 0 Å². The van der Waals surface area contributed by atoms with Crippen LogP contribution in [0.1, 0.15) is 18.1 Å². The molecule has 1 N–H and O–H groups in total. The molecule has 0 aromatic heterocycles. The second kappa shape index (κ2) is 6.16. The van der Waals surface area contributed by atoms with Gasteiger partial charge in [0.1, 0.15) is 0 Å². The molecule has 2 heterocycles. The van der Waals surface area contributed by atoms with Crippen LogP contribution in [0.15, 0.2) is 12.1 Å². The van der Waals surface area contributed by atoms with Crippen LogP contribution in [0, 0.1) is 11.8 Å². The molecule has 3 rings (SSSR count). The summed E-state index contributed by atoms with van der Waals surface area (Å²) in [6.45, 7) is 5.42. The number of carbonyl (C=O) groups is 1. The highest BCUT2D eigenvalue weighted by molar-refractivity contribution is 5.79. The van der Waals surface area contributed by atoms with Crippen molar-refractivity contribution in [2.24, 2.45) is 11.8 Å². The number of amides is 1. The van der Waals surface area contributed by atoms with Gasteiger partial charge in [0.05, 0.1) is 14.2 Å². The Labute approximate surface area is 131 Å². The highest BCUT2D eigenvalue weighted by atomic mass is 16.5. The fraction of sp³-hybridized carbons (Fsp3) is 0.588. The van der Waals surface area contributed by atoms with E-state index in [1.165, 1.54) is 5.56 Å². The van der Waals surface area contributed by atoms with Gasteiger partial charge >= 0.3 is 0 Å². The molecule has 1 aromatic carbocycles. The van der Waals surface area contributed by atoms with Gasteiger partial charge in [0.2, 0.25) is 5.91 Å². The van der Waals surface area contributed by atoms with Gasteiger partial charge in [0, 0.05) is 19.0 Å². The molecular formula is C17H24N2O3. The van der Waals surface area contributed by atoms with E-state index >= 15 is 0 Å². The van der Waals surface area contributed by atoms with E-state index < -0.39 is 0 Å². The van der Waals surface area contributed by atoms with Crippen molar-refractivity contribution in [1.29, 1.82) is 0 Å². The minimum Gasteiger partial charge on any atom is -0.493 e. The number of nitrogens with one attached hydrogen (secondary N) is 1. The van der Waals surface area contributed by atoms with Crippen LogP contribution in [-0.2, 0) is 17.8 Å². The number of carbonyl (C=O) groups excluding carboxylic acids is 1. The van der Waals surface area contributed by atoms with Gasteiger partial charge in [-0.1, -0.05) is 6.92 Å². The summed E-state index contributed by atoms with van der Waals surface area (Å²) in [5.74, 6) is 2.34. The smallest absolute Gasteiger partial charge is 0.226 e. The number of nitrogens with zero attached hydrogens (tertiary/aromatic N) is 1. The van der Waals surface area contributed by atoms with E-state index in [1.807, 2.05) is 17.0 Å². The maximum atomic E-state index is 12.7. The molecule has 0 radical (unpaired) electrons. The topological polar surface area (TPSA) is 50.8 Å². The Balaban J connectivity index is 1.76. The molecule has 1 amide bonds. The predicted molar refractivity (Wildman–Crippen MR) is 84.2 cm³/mol. The van der Waals surface area contributed by atoms with Crippen molar-refractivity contribution in [3.05, 3.63) is 23.3 Å². The second-order valence-corrected chi connectivity index (χ2v) is 6.19. The van der Waals surface area contributed by atoms with Crippen LogP contribution in [0.4, 0.5) is 0 Å². The zero-order valence-electron chi connectivity index (χ0n) is 13.5. The molecule has 120 valence electrons. The summed E-state index contributed by atoms with van der Waals surface area (Å²) in [6.07, 6.45) is 0.872. The van der Waals surface area contributed by atoms with Gasteiger partial charge < -0.3 is 19.7 Å². The van der Waals surface area contributed by atoms with Gasteiger partial charge in [0.25, 0.3) is 0 Å². The summed E-state index contributed by atoms with van der Waals surface area (Å²) >= 11 is 0. The Morgan fingerprint density at radius 1 is 1.23 bits per heavy atom. The average Bonchev–Trinajstić information content (AvgIpc) is 2.50. The Kier molecular flexibility index (Phi) is 4.25. The SMILES string of the molecule is COc1cc2c(cc1OC)CN(C(=O)C(C)C1CNC1)CC2. The molecule has 1 unspecified atom stereocenters. The molecule has 1 saturated heterocycles. The largest absolute Gasteiger partial charge is 0.493 e. The van der Waals surface area contributed by atoms with Gasteiger partial charge in [-0.2, -0.15) is 0 Å². The fourth-order valence-electron chi connectivity index (χ4n) is 3.23. The van der Waals surface area contributed by atoms with Crippen LogP contribution in [0.2, 0.25) is 0 Å². The van der Waals surface area contributed by atoms with Gasteiger partial charge in [-0.15, -0.1) is 0 Å². The molecule has 2 aliphatic rings. The van der Waals surface area contributed by atoms with Gasteiger partial charge in [-0.25, -0.2) is 0 Å². The lowest BCUT2D eigenvalue weighted by Gasteiger charge is -2.37. The van der Waals surface area contributed by atoms with Crippen molar-refractivity contribution in [2.75, 3.05) is 33.9 Å². The molecule has 0 spiro atoms. The van der Waals surface area contributed by atoms with E-state index in [-0.39, 0.29) is 11.8 Å². The van der Waals surface area contributed by atoms with Crippen LogP contribution in [-0.4, -0.2) is 44.7 Å². The highest BCUT2D eigenvalue weighted by Crippen LogP contribution is 2.33. The van der Waals surface area contributed by atoms with E-state index in [4.69, 9.17) is 9.47 Å². The number of benzene rings is 1. The molecule has 0 saturated carbocycles. The number of methoxy groups -OCH3 is 2. The van der Waals surface area contributed by atoms with E-state index in [1.54, 1.807) is 14.2 Å². The lowest BCUT2D eigenvalue weighted by Crippen LogP contribution is -2.51. The van der Waals surface area contributed by atoms with Gasteiger partial charge in [-0.05, 0) is 48.7 Å². The minimum absolute atomic E-state index is 0.0999. The van der Waals surface area contributed by atoms with Gasteiger partial charge in [0.15, 0.2) is 11.5 Å². The average molecular weight is 304 g/mol. The first-order chi connectivity index (χ1) is 10.6. The van der Waals surface area contributed by atoms with E-state index in [9.17, 15) is 4.79 Å². The first-order valence-electron chi connectivity index (χ1n) is 7.87. The number of hydrogen-bond donors (Lipinski definition) is 1. The lowest BCUT2D eigenvalue weighted by molar-refractivity contribution is -0.138. The first-order valence-corrected chi connectivity index (χ1v) is 7.87. The third-order valence-electron chi connectivity index (χ3n) is 4.94. The van der Waals surface area contributed by atoms with Gasteiger partial charge in [-0.3, -0.25) is 4.79 Å². The number of rotatable bonds is 4. The summed E-state index contributed by atoms with van der Waals surface area (Å²) in [7, 11) is 3.29. The molecule has 0 aliphatic carbocycles. The molecule has 1 aromatic rings. The standard InChI is InChI=1S/C17H24N2O3/c1-11(14-8-18-9-14)17(20)19-5-4-12-6-15(21-2)16(22-3)7-13(12)10-19/h6-7,11,14,18H,4-5,8-10H2,1-3H3. The van der Waals surface area contributed by atoms with Crippen molar-refractivity contribution < 1.29 is 14.3 Å². The second-order valence-electron chi connectivity index (χ2n) is 6.19. The van der Waals surface area contributed by atoms with E-state index in [0.29, 0.717) is 12.5 Å². The highest BCUT2D eigenvalue weighted by Gasteiger charge is 2.33. The number of fused-ring (bicyclic) bond motifs is 1. The molecule has 1 fully saturated rings. The molecular weight excluding hydrogens is 280 g/mol. The molecule has 1 atom stereocenters. The van der Waals surface area contributed by atoms with E-state index in [2.05, 4.69) is 12.2 Å². The summed E-state index contributed by atoms with van der Waals surface area (Å²) < 4.78 is 10.7. The zero-order valence-corrected chi connectivity index (χ0v) is 13.5.